The van der Waals surface area contributed by atoms with Crippen LogP contribution in [0, 0.1) is 5.92 Å². The van der Waals surface area contributed by atoms with Gasteiger partial charge in [-0.05, 0) is 39.5 Å². The number of hydrogen-bond donors (Lipinski definition) is 1. The monoisotopic (exact) mass is 297 g/mol. The van der Waals surface area contributed by atoms with E-state index in [1.165, 1.54) is 0 Å². The number of carbonyl (C=O) groups excluding carboxylic acids is 1. The number of nitrogens with two attached hydrogens (primary N) is 1. The number of nitrogens with zero attached hydrogens (tertiary/aromatic N) is 2. The Morgan fingerprint density at radius 1 is 1.24 bits per heavy atom. The topological polar surface area (TPSA) is 58.8 Å². The van der Waals surface area contributed by atoms with Crippen molar-refractivity contribution < 1.29 is 9.53 Å². The molecule has 0 aromatic heterocycles. The Labute approximate surface area is 128 Å². The molecule has 2 rings (SSSR count). The quantitative estimate of drug-likeness (QED) is 0.843. The summed E-state index contributed by atoms with van der Waals surface area (Å²) >= 11 is 0. The molecule has 0 aliphatic carbocycles. The van der Waals surface area contributed by atoms with Crippen molar-refractivity contribution in [2.24, 2.45) is 11.7 Å². The highest BCUT2D eigenvalue weighted by Gasteiger charge is 2.27. The lowest BCUT2D eigenvalue weighted by Gasteiger charge is -2.39. The van der Waals surface area contributed by atoms with E-state index in [9.17, 15) is 4.79 Å². The van der Waals surface area contributed by atoms with Crippen LogP contribution in [-0.4, -0.2) is 66.7 Å². The van der Waals surface area contributed by atoms with Crippen LogP contribution in [0.3, 0.4) is 0 Å². The molecule has 2 fully saturated rings. The fourth-order valence-electron chi connectivity index (χ4n) is 3.57. The SMILES string of the molecule is CC(N)CC(=O)N1CCC(CN2CC(C)OC(C)C2)CC1. The largest absolute Gasteiger partial charge is 0.373 e. The lowest BCUT2D eigenvalue weighted by molar-refractivity contribution is -0.133. The molecule has 0 bridgehead atoms. The first-order chi connectivity index (χ1) is 9.94. The zero-order valence-corrected chi connectivity index (χ0v) is 13.8. The van der Waals surface area contributed by atoms with Crippen LogP contribution in [0.15, 0.2) is 0 Å². The molecule has 122 valence electrons. The van der Waals surface area contributed by atoms with Crippen LogP contribution in [0.5, 0.6) is 0 Å². The molecule has 5 nitrogen and oxygen atoms in total. The molecule has 0 radical (unpaired) electrons. The number of carbonyl (C=O) groups is 1. The maximum atomic E-state index is 12.0. The highest BCUT2D eigenvalue weighted by molar-refractivity contribution is 5.76. The fourth-order valence-corrected chi connectivity index (χ4v) is 3.57. The van der Waals surface area contributed by atoms with Crippen molar-refractivity contribution in [3.63, 3.8) is 0 Å². The van der Waals surface area contributed by atoms with Gasteiger partial charge in [0.1, 0.15) is 0 Å². The predicted molar refractivity (Wildman–Crippen MR) is 84.0 cm³/mol. The van der Waals surface area contributed by atoms with Gasteiger partial charge >= 0.3 is 0 Å². The van der Waals surface area contributed by atoms with Crippen molar-refractivity contribution in [1.29, 1.82) is 0 Å². The molecule has 2 aliphatic heterocycles. The zero-order chi connectivity index (χ0) is 15.4. The van der Waals surface area contributed by atoms with Gasteiger partial charge in [-0.15, -0.1) is 0 Å². The highest BCUT2D eigenvalue weighted by Crippen LogP contribution is 2.21. The molecular formula is C16H31N3O2. The van der Waals surface area contributed by atoms with E-state index in [1.54, 1.807) is 0 Å². The molecular weight excluding hydrogens is 266 g/mol. The second-order valence-corrected chi connectivity index (χ2v) is 6.98. The number of hydrogen-bond acceptors (Lipinski definition) is 4. The van der Waals surface area contributed by atoms with Gasteiger partial charge in [0.2, 0.25) is 5.91 Å². The number of morpholine rings is 1. The van der Waals surface area contributed by atoms with E-state index in [0.717, 1.165) is 45.6 Å². The van der Waals surface area contributed by atoms with E-state index < -0.39 is 0 Å². The van der Waals surface area contributed by atoms with Gasteiger partial charge in [0, 0.05) is 45.2 Å². The first-order valence-corrected chi connectivity index (χ1v) is 8.35. The summed E-state index contributed by atoms with van der Waals surface area (Å²) in [6, 6.07) is -0.0356. The normalized spacial score (nSPS) is 30.4. The maximum absolute atomic E-state index is 12.0. The minimum Gasteiger partial charge on any atom is -0.373 e. The van der Waals surface area contributed by atoms with Gasteiger partial charge in [-0.1, -0.05) is 0 Å². The lowest BCUT2D eigenvalue weighted by atomic mass is 9.95. The summed E-state index contributed by atoms with van der Waals surface area (Å²) in [6.45, 7) is 11.2. The first-order valence-electron chi connectivity index (χ1n) is 8.35. The summed E-state index contributed by atoms with van der Waals surface area (Å²) in [4.78, 5) is 16.5. The maximum Gasteiger partial charge on any atom is 0.224 e. The van der Waals surface area contributed by atoms with Crippen LogP contribution < -0.4 is 5.73 Å². The zero-order valence-electron chi connectivity index (χ0n) is 13.8. The third kappa shape index (κ3) is 5.24. The van der Waals surface area contributed by atoms with Crippen LogP contribution in [0.25, 0.3) is 0 Å². The van der Waals surface area contributed by atoms with Crippen molar-refractivity contribution in [1.82, 2.24) is 9.80 Å². The summed E-state index contributed by atoms with van der Waals surface area (Å²) in [7, 11) is 0. The van der Waals surface area contributed by atoms with Crippen LogP contribution in [0.4, 0.5) is 0 Å². The first kappa shape index (κ1) is 16.7. The number of amides is 1. The molecule has 1 amide bonds. The van der Waals surface area contributed by atoms with Gasteiger partial charge in [-0.3, -0.25) is 9.69 Å². The third-order valence-corrected chi connectivity index (χ3v) is 4.48. The van der Waals surface area contributed by atoms with E-state index in [1.807, 2.05) is 11.8 Å². The standard InChI is InChI=1S/C16H31N3O2/c1-12(17)8-16(20)19-6-4-15(5-7-19)11-18-9-13(2)21-14(3)10-18/h12-15H,4-11,17H2,1-3H3. The molecule has 3 unspecified atom stereocenters. The second kappa shape index (κ2) is 7.56. The molecule has 0 saturated carbocycles. The molecule has 3 atom stereocenters. The Bertz CT molecular complexity index is 330. The Hall–Kier alpha value is -0.650. The van der Waals surface area contributed by atoms with Gasteiger partial charge in [-0.25, -0.2) is 0 Å². The molecule has 2 aliphatic rings. The third-order valence-electron chi connectivity index (χ3n) is 4.48. The van der Waals surface area contributed by atoms with Gasteiger partial charge in [0.05, 0.1) is 12.2 Å². The number of likely N-dealkylation sites (tertiary alicyclic amines) is 1. The lowest BCUT2D eigenvalue weighted by Crippen LogP contribution is -2.49. The summed E-state index contributed by atoms with van der Waals surface area (Å²) in [5.41, 5.74) is 5.71. The second-order valence-electron chi connectivity index (χ2n) is 6.98. The molecule has 0 spiro atoms. The molecule has 5 heteroatoms. The molecule has 0 aromatic rings. The van der Waals surface area contributed by atoms with Gasteiger partial charge in [0.15, 0.2) is 0 Å². The molecule has 21 heavy (non-hydrogen) atoms. The molecule has 0 aromatic carbocycles. The summed E-state index contributed by atoms with van der Waals surface area (Å²) in [5.74, 6) is 0.930. The highest BCUT2D eigenvalue weighted by atomic mass is 16.5. The smallest absolute Gasteiger partial charge is 0.224 e. The Kier molecular flexibility index (Phi) is 6.02. The number of piperidine rings is 1. The molecule has 2 saturated heterocycles. The van der Waals surface area contributed by atoms with Crippen molar-refractivity contribution in [2.75, 3.05) is 32.7 Å². The van der Waals surface area contributed by atoms with Crippen molar-refractivity contribution in [3.05, 3.63) is 0 Å². The fraction of sp³-hybridized carbons (Fsp3) is 0.938. The Balaban J connectivity index is 1.72. The van der Waals surface area contributed by atoms with Crippen LogP contribution in [0.2, 0.25) is 0 Å². The number of rotatable bonds is 4. The summed E-state index contributed by atoms with van der Waals surface area (Å²) in [5, 5.41) is 0. The van der Waals surface area contributed by atoms with Crippen LogP contribution in [0.1, 0.15) is 40.0 Å². The van der Waals surface area contributed by atoms with E-state index in [-0.39, 0.29) is 11.9 Å². The van der Waals surface area contributed by atoms with Crippen molar-refractivity contribution >= 4 is 5.91 Å². The van der Waals surface area contributed by atoms with E-state index >= 15 is 0 Å². The minimum absolute atomic E-state index is 0.0356. The predicted octanol–water partition coefficient (Wildman–Crippen LogP) is 1.07. The van der Waals surface area contributed by atoms with Crippen molar-refractivity contribution in [3.8, 4) is 0 Å². The van der Waals surface area contributed by atoms with E-state index in [4.69, 9.17) is 10.5 Å². The van der Waals surface area contributed by atoms with Crippen LogP contribution >= 0.6 is 0 Å². The minimum atomic E-state index is -0.0356. The Morgan fingerprint density at radius 3 is 2.33 bits per heavy atom. The van der Waals surface area contributed by atoms with Gasteiger partial charge in [0.25, 0.3) is 0 Å². The summed E-state index contributed by atoms with van der Waals surface area (Å²) in [6.07, 6.45) is 3.38. The molecule has 2 heterocycles. The van der Waals surface area contributed by atoms with Gasteiger partial charge in [-0.2, -0.15) is 0 Å². The van der Waals surface area contributed by atoms with E-state index in [2.05, 4.69) is 18.7 Å². The van der Waals surface area contributed by atoms with Gasteiger partial charge < -0.3 is 15.4 Å². The molecule has 2 N–H and O–H groups in total. The summed E-state index contributed by atoms with van der Waals surface area (Å²) < 4.78 is 5.78. The van der Waals surface area contributed by atoms with Crippen molar-refractivity contribution in [2.45, 2.75) is 58.3 Å². The van der Waals surface area contributed by atoms with E-state index in [0.29, 0.717) is 24.5 Å². The number of ether oxygens (including phenoxy) is 1. The average Bonchev–Trinajstić information content (AvgIpc) is 2.37. The Morgan fingerprint density at radius 2 is 1.81 bits per heavy atom. The average molecular weight is 297 g/mol. The van der Waals surface area contributed by atoms with Crippen LogP contribution in [-0.2, 0) is 9.53 Å².